The molecule has 0 aliphatic rings. The van der Waals surface area contributed by atoms with Crippen molar-refractivity contribution in [3.63, 3.8) is 0 Å². The van der Waals surface area contributed by atoms with Crippen molar-refractivity contribution in [3.05, 3.63) is 96.4 Å². The van der Waals surface area contributed by atoms with E-state index in [4.69, 9.17) is 9.72 Å². The maximum absolute atomic E-state index is 13.0. The van der Waals surface area contributed by atoms with Crippen molar-refractivity contribution in [1.82, 2.24) is 19.9 Å². The van der Waals surface area contributed by atoms with Gasteiger partial charge in [0.1, 0.15) is 17.6 Å². The number of H-pyrrole nitrogens is 1. The van der Waals surface area contributed by atoms with Gasteiger partial charge in [-0.25, -0.2) is 4.98 Å². The number of hydrogen-bond donors (Lipinski definition) is 2. The van der Waals surface area contributed by atoms with Gasteiger partial charge in [-0.2, -0.15) is 0 Å². The topological polar surface area (TPSA) is 71.9 Å². The van der Waals surface area contributed by atoms with Crippen LogP contribution in [0.4, 0.5) is 0 Å². The van der Waals surface area contributed by atoms with Gasteiger partial charge in [-0.15, -0.1) is 0 Å². The molecule has 0 bridgehead atoms. The number of fused-ring (bicyclic) bond motifs is 2. The van der Waals surface area contributed by atoms with Gasteiger partial charge in [0.2, 0.25) is 5.91 Å². The zero-order chi connectivity index (χ0) is 21.9. The molecule has 5 rings (SSSR count). The highest BCUT2D eigenvalue weighted by Crippen LogP contribution is 2.24. The Kier molecular flexibility index (Phi) is 5.34. The summed E-state index contributed by atoms with van der Waals surface area (Å²) in [4.78, 5) is 21.0. The Morgan fingerprint density at radius 3 is 2.69 bits per heavy atom. The number of nitrogens with one attached hydrogen (secondary N) is 2. The zero-order valence-corrected chi connectivity index (χ0v) is 17.8. The van der Waals surface area contributed by atoms with E-state index in [-0.39, 0.29) is 11.9 Å². The van der Waals surface area contributed by atoms with Crippen LogP contribution in [0.3, 0.4) is 0 Å². The molecule has 2 N–H and O–H groups in total. The van der Waals surface area contributed by atoms with E-state index in [2.05, 4.69) is 14.9 Å². The lowest BCUT2D eigenvalue weighted by Crippen LogP contribution is -2.30. The van der Waals surface area contributed by atoms with Crippen molar-refractivity contribution >= 4 is 27.8 Å². The van der Waals surface area contributed by atoms with Gasteiger partial charge in [0.05, 0.1) is 18.1 Å². The number of methoxy groups -OCH3 is 1. The lowest BCUT2D eigenvalue weighted by atomic mass is 10.1. The quantitative estimate of drug-likeness (QED) is 0.393. The van der Waals surface area contributed by atoms with Crippen molar-refractivity contribution in [1.29, 1.82) is 0 Å². The summed E-state index contributed by atoms with van der Waals surface area (Å²) in [6, 6.07) is 25.4. The molecule has 6 nitrogen and oxygen atoms in total. The number of carbonyl (C=O) groups excluding carboxylic acids is 1. The summed E-state index contributed by atoms with van der Waals surface area (Å²) < 4.78 is 7.39. The summed E-state index contributed by atoms with van der Waals surface area (Å²) in [5, 5.41) is 4.27. The van der Waals surface area contributed by atoms with Crippen LogP contribution in [-0.4, -0.2) is 27.6 Å². The first-order chi connectivity index (χ1) is 15.7. The van der Waals surface area contributed by atoms with Gasteiger partial charge in [0, 0.05) is 30.1 Å². The molecule has 0 radical (unpaired) electrons. The minimum absolute atomic E-state index is 0.0327. The van der Waals surface area contributed by atoms with Gasteiger partial charge in [-0.3, -0.25) is 4.79 Å². The van der Waals surface area contributed by atoms with E-state index in [9.17, 15) is 4.79 Å². The summed E-state index contributed by atoms with van der Waals surface area (Å²) >= 11 is 0. The van der Waals surface area contributed by atoms with Gasteiger partial charge in [0.15, 0.2) is 0 Å². The van der Waals surface area contributed by atoms with Gasteiger partial charge in [-0.05, 0) is 42.0 Å². The first-order valence-electron chi connectivity index (χ1n) is 10.6. The third-order valence-electron chi connectivity index (χ3n) is 5.68. The molecule has 0 fully saturated rings. The Morgan fingerprint density at radius 1 is 1.06 bits per heavy atom. The molecule has 0 unspecified atom stereocenters. The van der Waals surface area contributed by atoms with E-state index in [1.54, 1.807) is 7.11 Å². The van der Waals surface area contributed by atoms with Gasteiger partial charge in [0.25, 0.3) is 0 Å². The predicted molar refractivity (Wildman–Crippen MR) is 126 cm³/mol. The second-order valence-corrected chi connectivity index (χ2v) is 7.73. The lowest BCUT2D eigenvalue weighted by molar-refractivity contribution is -0.121. The number of ether oxygens (including phenoxy) is 1. The molecule has 2 aromatic heterocycles. The second kappa shape index (κ2) is 8.59. The fraction of sp³-hybridized carbons (Fsp3) is 0.154. The first-order valence-corrected chi connectivity index (χ1v) is 10.6. The molecular weight excluding hydrogens is 400 g/mol. The largest absolute Gasteiger partial charge is 0.497 e. The number of hydrogen-bond acceptors (Lipinski definition) is 3. The Hall–Kier alpha value is -4.06. The molecule has 32 heavy (non-hydrogen) atoms. The molecular formula is C26H24N4O2. The predicted octanol–water partition coefficient (Wildman–Crippen LogP) is 4.82. The molecule has 6 heteroatoms. The van der Waals surface area contributed by atoms with Crippen LogP contribution < -0.4 is 10.1 Å². The molecule has 1 atom stereocenters. The number of aromatic nitrogens is 3. The Bertz CT molecular complexity index is 1340. The van der Waals surface area contributed by atoms with E-state index >= 15 is 0 Å². The minimum Gasteiger partial charge on any atom is -0.497 e. The summed E-state index contributed by atoms with van der Waals surface area (Å²) in [5.74, 6) is 1.52. The molecule has 0 spiro atoms. The molecule has 0 saturated carbocycles. The van der Waals surface area contributed by atoms with Crippen molar-refractivity contribution in [3.8, 4) is 5.75 Å². The molecule has 1 amide bonds. The van der Waals surface area contributed by atoms with E-state index < -0.39 is 0 Å². The smallest absolute Gasteiger partial charge is 0.222 e. The third kappa shape index (κ3) is 3.95. The van der Waals surface area contributed by atoms with Crippen LogP contribution in [0, 0.1) is 0 Å². The van der Waals surface area contributed by atoms with Crippen LogP contribution in [0.25, 0.3) is 21.9 Å². The Balaban J connectivity index is 1.35. The number of para-hydroxylation sites is 2. The fourth-order valence-corrected chi connectivity index (χ4v) is 4.02. The summed E-state index contributed by atoms with van der Waals surface area (Å²) in [7, 11) is 1.66. The van der Waals surface area contributed by atoms with Crippen LogP contribution in [0.5, 0.6) is 5.75 Å². The maximum Gasteiger partial charge on any atom is 0.222 e. The molecule has 5 aromatic rings. The summed E-state index contributed by atoms with van der Waals surface area (Å²) in [6.07, 6.45) is 2.37. The third-order valence-corrected chi connectivity index (χ3v) is 5.68. The standard InChI is InChI=1S/C26H24N4O2/c1-32-20-11-12-23-19(17-20)13-15-30(23)16-14-24(31)29-25(18-7-3-2-4-8-18)26-27-21-9-5-6-10-22(21)28-26/h2-13,15,17,25H,14,16H2,1H3,(H,27,28)(H,29,31)/t25-/m1/s1. The van der Waals surface area contributed by atoms with Crippen molar-refractivity contribution < 1.29 is 9.53 Å². The summed E-state index contributed by atoms with van der Waals surface area (Å²) in [6.45, 7) is 0.587. The van der Waals surface area contributed by atoms with E-state index in [0.29, 0.717) is 13.0 Å². The number of amides is 1. The molecule has 3 aromatic carbocycles. The van der Waals surface area contributed by atoms with E-state index in [1.807, 2.05) is 85.1 Å². The van der Waals surface area contributed by atoms with Crippen molar-refractivity contribution in [2.24, 2.45) is 0 Å². The highest BCUT2D eigenvalue weighted by molar-refractivity contribution is 5.82. The van der Waals surface area contributed by atoms with Crippen LogP contribution in [-0.2, 0) is 11.3 Å². The van der Waals surface area contributed by atoms with Gasteiger partial charge < -0.3 is 19.6 Å². The maximum atomic E-state index is 13.0. The number of rotatable bonds is 7. The van der Waals surface area contributed by atoms with Gasteiger partial charge >= 0.3 is 0 Å². The minimum atomic E-state index is -0.346. The SMILES string of the molecule is COc1ccc2c(ccn2CCC(=O)N[C@H](c2ccccc2)c2nc3ccccc3[nH]2)c1. The number of aromatic amines is 1. The Morgan fingerprint density at radius 2 is 1.88 bits per heavy atom. The number of carbonyl (C=O) groups is 1. The molecule has 0 saturated heterocycles. The highest BCUT2D eigenvalue weighted by atomic mass is 16.5. The highest BCUT2D eigenvalue weighted by Gasteiger charge is 2.20. The number of aryl methyl sites for hydroxylation is 1. The second-order valence-electron chi connectivity index (χ2n) is 7.73. The average Bonchev–Trinajstić information content (AvgIpc) is 3.45. The first kappa shape index (κ1) is 19.9. The fourth-order valence-electron chi connectivity index (χ4n) is 4.02. The van der Waals surface area contributed by atoms with Crippen LogP contribution in [0.2, 0.25) is 0 Å². The number of imidazole rings is 1. The zero-order valence-electron chi connectivity index (χ0n) is 17.8. The van der Waals surface area contributed by atoms with Crippen molar-refractivity contribution in [2.75, 3.05) is 7.11 Å². The van der Waals surface area contributed by atoms with E-state index in [0.717, 1.165) is 39.1 Å². The van der Waals surface area contributed by atoms with Crippen molar-refractivity contribution in [2.45, 2.75) is 19.0 Å². The molecule has 2 heterocycles. The Labute approximate surface area is 185 Å². The van der Waals surface area contributed by atoms with Crippen LogP contribution >= 0.6 is 0 Å². The monoisotopic (exact) mass is 424 g/mol. The molecule has 160 valence electrons. The van der Waals surface area contributed by atoms with Crippen LogP contribution in [0.1, 0.15) is 23.9 Å². The summed E-state index contributed by atoms with van der Waals surface area (Å²) in [5.41, 5.74) is 3.90. The normalized spacial score (nSPS) is 12.2. The van der Waals surface area contributed by atoms with Crippen LogP contribution in [0.15, 0.2) is 85.1 Å². The molecule has 0 aliphatic carbocycles. The average molecular weight is 425 g/mol. The number of benzene rings is 3. The van der Waals surface area contributed by atoms with E-state index in [1.165, 1.54) is 0 Å². The lowest BCUT2D eigenvalue weighted by Gasteiger charge is -2.17. The molecule has 0 aliphatic heterocycles. The number of nitrogens with zero attached hydrogens (tertiary/aromatic N) is 2. The van der Waals surface area contributed by atoms with Gasteiger partial charge in [-0.1, -0.05) is 42.5 Å².